The molecule has 18 rings (SSSR count). The Hall–Kier alpha value is -13.4. The number of hydrogen-bond acceptors (Lipinski definition) is 17. The van der Waals surface area contributed by atoms with Gasteiger partial charge in [0.25, 0.3) is 5.91 Å². The highest BCUT2D eigenvalue weighted by Gasteiger charge is 2.35. The van der Waals surface area contributed by atoms with Crippen molar-refractivity contribution in [3.05, 3.63) is 230 Å². The number of carbonyl (C=O) groups is 9. The van der Waals surface area contributed by atoms with Gasteiger partial charge in [0.05, 0.1) is 83.1 Å². The Morgan fingerprint density at radius 1 is 0.429 bits per heavy atom. The van der Waals surface area contributed by atoms with Crippen molar-refractivity contribution in [3.8, 4) is 6.07 Å². The van der Waals surface area contributed by atoms with Crippen molar-refractivity contribution in [2.75, 3.05) is 135 Å². The van der Waals surface area contributed by atoms with Crippen LogP contribution in [0.4, 0.5) is 24.5 Å². The van der Waals surface area contributed by atoms with Crippen LogP contribution in [0.2, 0.25) is 15.1 Å². The van der Waals surface area contributed by atoms with Gasteiger partial charge in [-0.3, -0.25) is 66.0 Å². The molecule has 0 radical (unpaired) electrons. The van der Waals surface area contributed by atoms with Gasteiger partial charge in [-0.15, -0.1) is 0 Å². The molecule has 39 heteroatoms. The van der Waals surface area contributed by atoms with Crippen LogP contribution >= 0.6 is 34.8 Å². The number of aryl methyl sites for hydroxylation is 2. The Morgan fingerprint density at radius 3 is 1.32 bits per heavy atom. The number of nitrogens with zero attached hydrogens (tertiary/aromatic N) is 15. The van der Waals surface area contributed by atoms with E-state index in [2.05, 4.69) is 36.0 Å². The predicted molar refractivity (Wildman–Crippen MR) is 501 cm³/mol. The van der Waals surface area contributed by atoms with E-state index in [0.717, 1.165) is 236 Å². The molecule has 704 valence electrons. The lowest BCUT2D eigenvalue weighted by Gasteiger charge is -2.34. The number of hydrogen-bond donors (Lipinski definition) is 4. The number of aromatic nitrogens is 8. The molecule has 4 N–H and O–H groups in total. The zero-order chi connectivity index (χ0) is 95.0. The minimum absolute atomic E-state index is 0.0301. The van der Waals surface area contributed by atoms with E-state index in [4.69, 9.17) is 40.1 Å². The molecule has 0 unspecified atom stereocenters. The highest BCUT2D eigenvalue weighted by atomic mass is 35.5. The van der Waals surface area contributed by atoms with E-state index in [9.17, 15) is 75.5 Å². The minimum Gasteiger partial charge on any atom is -0.468 e. The maximum Gasteiger partial charge on any atom is 0.417 e. The number of piperazine rings is 2. The lowest BCUT2D eigenvalue weighted by atomic mass is 10.0. The number of piperidine rings is 5. The smallest absolute Gasteiger partial charge is 0.417 e. The number of rotatable bonds is 17. The fraction of sp³-hybridized carbons (Fsp3) is 0.404. The zero-order valence-electron chi connectivity index (χ0n) is 74.0. The quantitative estimate of drug-likeness (QED) is 0.0486. The normalized spacial score (nSPS) is 16.5. The number of halogens is 6. The standard InChI is InChI=1S/C16H19N3O4.2C14H17N3O2.C13H13Cl2N3O2.C13H16N2O2.C12H12ClF3N2O.C12H13N3O/c1-23-15(21)10-18-13-4-2-3-5-14(13)19(16(18)22)12-6-8-17(11-20)9-7-12;1-10-2-3-13-12(8-10)15-14(19)17(13)11-4-6-16(9-18)7-5-11;1-10-2-3-12-13(8-10)17(14(19)15-12)11-4-6-16(9-18)7-5-11;14-9-5-11-12(6-10(9)15)18(13(20)16-11)8-1-3-17(7-19)4-2-8;16-10-15-8-6-12(7-9-15)14-13(17)11-4-2-1-3-5-11;13-11-2-1-9(7-10(11)12(14,15)16)18-5-3-17(8-19)4-6-18;13-9-11-3-1-2-4-12(11)15-7-5-14(10-16)6-8-15/h2-5,11-12H,6-10H2,1H3;2*2-3,8-9,11H,4-7H2,1H3,(H,15,19);5-8H,1-4H2,(H,16,20);1-5,10,12H,6-9H2,(H,14,17);1-2,7-8H,3-6H2;1-4,10H,5-8H2. The Morgan fingerprint density at radius 2 is 0.835 bits per heavy atom. The van der Waals surface area contributed by atoms with Crippen molar-refractivity contribution >= 4 is 147 Å². The summed E-state index contributed by atoms with van der Waals surface area (Å²) in [6.07, 6.45) is 9.47. The number of H-pyrrole nitrogens is 3. The average Bonchev–Trinajstić information content (AvgIpc) is 1.61. The summed E-state index contributed by atoms with van der Waals surface area (Å²) in [6.45, 7) is 15.9. The van der Waals surface area contributed by atoms with Gasteiger partial charge in [-0.1, -0.05) is 89.4 Å². The number of ether oxygens (including phenoxy) is 1. The zero-order valence-corrected chi connectivity index (χ0v) is 76.2. The number of anilines is 2. The highest BCUT2D eigenvalue weighted by molar-refractivity contribution is 6.42. The molecule has 0 bridgehead atoms. The van der Waals surface area contributed by atoms with Crippen LogP contribution in [0.25, 0.3) is 44.1 Å². The molecule has 11 aromatic rings. The summed E-state index contributed by atoms with van der Waals surface area (Å²) in [5.41, 5.74) is 10.5. The van der Waals surface area contributed by atoms with Crippen LogP contribution < -0.4 is 37.9 Å². The third-order valence-electron chi connectivity index (χ3n) is 24.9. The number of aromatic amines is 3. The number of alkyl halides is 3. The molecular formula is C94H107Cl3F3N19O14. The largest absolute Gasteiger partial charge is 0.468 e. The van der Waals surface area contributed by atoms with Gasteiger partial charge in [-0.05, 0) is 180 Å². The number of nitriles is 1. The summed E-state index contributed by atoms with van der Waals surface area (Å²) in [5, 5.41) is 12.5. The van der Waals surface area contributed by atoms with E-state index in [0.29, 0.717) is 84.7 Å². The maximum absolute atomic E-state index is 12.8. The second-order valence-electron chi connectivity index (χ2n) is 33.3. The molecule has 0 spiro atoms. The van der Waals surface area contributed by atoms with Crippen molar-refractivity contribution < 1.29 is 61.1 Å². The van der Waals surface area contributed by atoms with Gasteiger partial charge in [-0.2, -0.15) is 18.4 Å². The Kier molecular flexibility index (Phi) is 34.6. The molecule has 7 fully saturated rings. The van der Waals surface area contributed by atoms with E-state index < -0.39 is 17.7 Å². The van der Waals surface area contributed by atoms with Crippen LogP contribution in [-0.2, 0) is 55.8 Å². The molecule has 0 saturated carbocycles. The summed E-state index contributed by atoms with van der Waals surface area (Å²) in [5.74, 6) is -0.485. The van der Waals surface area contributed by atoms with E-state index >= 15 is 0 Å². The highest BCUT2D eigenvalue weighted by Crippen LogP contribution is 2.38. The molecule has 8 amide bonds. The fourth-order valence-corrected chi connectivity index (χ4v) is 18.1. The molecule has 4 aromatic heterocycles. The monoisotopic (exact) mass is 1890 g/mol. The average molecular weight is 1890 g/mol. The van der Waals surface area contributed by atoms with Crippen LogP contribution in [0.5, 0.6) is 0 Å². The number of amides is 8. The van der Waals surface area contributed by atoms with Gasteiger partial charge < -0.3 is 69.1 Å². The summed E-state index contributed by atoms with van der Waals surface area (Å²) in [6, 6.07) is 46.3. The molecule has 0 aliphatic carbocycles. The van der Waals surface area contributed by atoms with Crippen molar-refractivity contribution in [3.63, 3.8) is 0 Å². The SMILES string of the molecule is COC(=O)Cn1c(=O)n(C2CCN(C=O)CC2)c2ccccc21.Cc1ccc2[nH]c(=O)n(C3CCN(C=O)CC3)c2c1.Cc1ccc2c(c1)[nH]c(=O)n2C1CCN(C=O)CC1.N#Cc1ccccc1N1CCN(C=O)CC1.O=CN1CCC(NC(=O)c2ccccc2)CC1.O=CN1CCC(n2c(=O)[nH]c3cc(Cl)c(Cl)cc32)CC1.O=CN1CCN(c2ccc(Cl)c(C(F)(F)F)c2)CC1. The first-order valence-electron chi connectivity index (χ1n) is 44.0. The van der Waals surface area contributed by atoms with Gasteiger partial charge in [0.1, 0.15) is 12.6 Å². The number of likely N-dealkylation sites (tertiary alicyclic amines) is 5. The number of para-hydroxylation sites is 3. The number of nitrogens with one attached hydrogen (secondary N) is 4. The van der Waals surface area contributed by atoms with E-state index in [-0.39, 0.29) is 70.4 Å². The summed E-state index contributed by atoms with van der Waals surface area (Å²) < 4.78 is 51.6. The molecular weight excluding hydrogens is 1780 g/mol. The third-order valence-corrected chi connectivity index (χ3v) is 26.0. The molecule has 7 saturated heterocycles. The molecule has 7 aromatic carbocycles. The predicted octanol–water partition coefficient (Wildman–Crippen LogP) is 10.6. The molecule has 33 nitrogen and oxygen atoms in total. The van der Waals surface area contributed by atoms with Crippen LogP contribution in [0, 0.1) is 25.2 Å². The second kappa shape index (κ2) is 46.6. The lowest BCUT2D eigenvalue weighted by Crippen LogP contribution is -2.45. The summed E-state index contributed by atoms with van der Waals surface area (Å²) in [7, 11) is 1.31. The van der Waals surface area contributed by atoms with Crippen molar-refractivity contribution in [2.24, 2.45) is 0 Å². The molecule has 11 heterocycles. The number of carbonyl (C=O) groups excluding carboxylic acids is 9. The Balaban J connectivity index is 0.000000140. The second-order valence-corrected chi connectivity index (χ2v) is 34.5. The van der Waals surface area contributed by atoms with Crippen LogP contribution in [0.15, 0.2) is 165 Å². The van der Waals surface area contributed by atoms with E-state index in [1.165, 1.54) is 17.7 Å². The summed E-state index contributed by atoms with van der Waals surface area (Å²) in [4.78, 5) is 172. The van der Waals surface area contributed by atoms with Gasteiger partial charge in [-0.25, -0.2) is 19.2 Å². The Bertz CT molecular complexity index is 6170. The van der Waals surface area contributed by atoms with Crippen LogP contribution in [-0.4, -0.2) is 260 Å². The number of imidazole rings is 4. The number of fused-ring (bicyclic) bond motifs is 4. The maximum atomic E-state index is 12.8. The summed E-state index contributed by atoms with van der Waals surface area (Å²) >= 11 is 17.6. The molecule has 133 heavy (non-hydrogen) atoms. The number of methoxy groups -OCH3 is 1. The van der Waals surface area contributed by atoms with Crippen molar-refractivity contribution in [1.29, 1.82) is 5.26 Å². The molecule has 0 atom stereocenters. The Labute approximate surface area is 778 Å². The number of benzene rings is 7. The molecule has 7 aliphatic heterocycles. The van der Waals surface area contributed by atoms with Gasteiger partial charge in [0.2, 0.25) is 44.9 Å². The third kappa shape index (κ3) is 25.1. The fourth-order valence-electron chi connectivity index (χ4n) is 17.5. The molecule has 7 aliphatic rings. The first-order valence-corrected chi connectivity index (χ1v) is 45.2. The van der Waals surface area contributed by atoms with Crippen molar-refractivity contribution in [1.82, 2.24) is 77.4 Å². The lowest BCUT2D eigenvalue weighted by molar-refractivity contribution is -0.141. The topological polar surface area (TPSA) is 368 Å². The van der Waals surface area contributed by atoms with Gasteiger partial charge in [0.15, 0.2) is 0 Å². The van der Waals surface area contributed by atoms with Crippen LogP contribution in [0.3, 0.4) is 0 Å². The van der Waals surface area contributed by atoms with Gasteiger partial charge >= 0.3 is 34.9 Å². The minimum atomic E-state index is -4.46. The van der Waals surface area contributed by atoms with E-state index in [1.54, 1.807) is 73.8 Å². The number of esters is 1. The van der Waals surface area contributed by atoms with E-state index in [1.807, 2.05) is 131 Å². The van der Waals surface area contributed by atoms with Crippen molar-refractivity contribution in [2.45, 2.75) is 121 Å². The van der Waals surface area contributed by atoms with Gasteiger partial charge in [0, 0.05) is 159 Å². The van der Waals surface area contributed by atoms with Crippen LogP contribution in [0.1, 0.15) is 121 Å². The first kappa shape index (κ1) is 98.6. The first-order chi connectivity index (χ1) is 64.2.